The van der Waals surface area contributed by atoms with E-state index in [1.54, 1.807) is 0 Å². The maximum atomic E-state index is 15.0. The number of hydrogen-bond donors (Lipinski definition) is 1. The van der Waals surface area contributed by atoms with Crippen LogP contribution < -0.4 is 5.32 Å². The lowest BCUT2D eigenvalue weighted by Crippen LogP contribution is -2.21. The van der Waals surface area contributed by atoms with E-state index in [4.69, 9.17) is 58.0 Å². The second-order valence-corrected chi connectivity index (χ2v) is 9.43. The summed E-state index contributed by atoms with van der Waals surface area (Å²) in [5.41, 5.74) is -3.97. The van der Waals surface area contributed by atoms with E-state index in [0.29, 0.717) is 6.07 Å². The Labute approximate surface area is 239 Å². The van der Waals surface area contributed by atoms with Gasteiger partial charge in [0.15, 0.2) is 5.78 Å². The number of hydrogen-bond acceptors (Lipinski definition) is 5. The number of Topliss-reactive ketones (excluding diaryl/α,β-unsaturated/α-hetero) is 1. The van der Waals surface area contributed by atoms with Crippen LogP contribution in [0.2, 0.25) is 25.6 Å². The summed E-state index contributed by atoms with van der Waals surface area (Å²) < 4.78 is 97.6. The summed E-state index contributed by atoms with van der Waals surface area (Å²) >= 11 is 28.5. The van der Waals surface area contributed by atoms with E-state index in [-0.39, 0.29) is 43.7 Å². The van der Waals surface area contributed by atoms with Crippen LogP contribution in [0.5, 0.6) is 0 Å². The fraction of sp³-hybridized carbons (Fsp3) is 0.182. The highest BCUT2D eigenvalue weighted by Gasteiger charge is 2.41. The van der Waals surface area contributed by atoms with Crippen LogP contribution in [-0.2, 0) is 6.18 Å². The predicted octanol–water partition coefficient (Wildman–Crippen LogP) is 9.11. The molecule has 1 heterocycles. The van der Waals surface area contributed by atoms with Gasteiger partial charge < -0.3 is 5.32 Å². The zero-order valence-electron chi connectivity index (χ0n) is 18.5. The average molecular weight is 657 g/mol. The quantitative estimate of drug-likeness (QED) is 0.156. The molecule has 1 unspecified atom stereocenters. The van der Waals surface area contributed by atoms with E-state index in [1.165, 1.54) is 0 Å². The Balaban J connectivity index is 1.98. The fourth-order valence-corrected chi connectivity index (χ4v) is 4.18. The van der Waals surface area contributed by atoms with Crippen molar-refractivity contribution in [3.05, 3.63) is 84.3 Å². The molecule has 3 rings (SSSR count). The molecule has 0 radical (unpaired) electrons. The molecule has 0 saturated heterocycles. The summed E-state index contributed by atoms with van der Waals surface area (Å²) in [5.74, 6) is -5.75. The molecule has 17 heteroatoms. The van der Waals surface area contributed by atoms with Gasteiger partial charge in [0.25, 0.3) is 0 Å². The zero-order valence-corrected chi connectivity index (χ0v) is 22.3. The van der Waals surface area contributed by atoms with E-state index in [0.717, 1.165) is 18.2 Å². The number of carbonyl (C=O) groups is 1. The molecule has 5 nitrogen and oxygen atoms in total. The lowest BCUT2D eigenvalue weighted by Gasteiger charge is -2.19. The number of benzene rings is 2. The molecule has 1 aromatic heterocycles. The van der Waals surface area contributed by atoms with Gasteiger partial charge in [-0.2, -0.15) is 41.3 Å². The molecule has 0 fully saturated rings. The number of nitrogens with one attached hydrogen (secondary N) is 1. The Hall–Kier alpha value is -2.38. The van der Waals surface area contributed by atoms with Crippen molar-refractivity contribution in [1.29, 1.82) is 0 Å². The number of alkyl halides is 6. The molecule has 0 aliphatic heterocycles. The largest absolute Gasteiger partial charge is 0.417 e. The number of allylic oxidation sites excluding steroid dienone is 1. The topological polar surface area (TPSA) is 67.8 Å². The van der Waals surface area contributed by atoms with Gasteiger partial charge in [-0.25, -0.2) is 4.39 Å². The molecule has 0 spiro atoms. The number of carbonyl (C=O) groups excluding carboxylic acids is 1. The number of nitrogens with zero attached hydrogens (tertiary/aromatic N) is 3. The van der Waals surface area contributed by atoms with Crippen molar-refractivity contribution in [2.24, 2.45) is 0 Å². The highest BCUT2D eigenvalue weighted by atomic mass is 35.5. The van der Waals surface area contributed by atoms with E-state index in [2.05, 4.69) is 20.3 Å². The first kappa shape index (κ1) is 31.2. The second-order valence-electron chi connectivity index (χ2n) is 7.56. The predicted molar refractivity (Wildman–Crippen MR) is 133 cm³/mol. The molecule has 2 aromatic carbocycles. The van der Waals surface area contributed by atoms with Crippen LogP contribution in [0.4, 0.5) is 36.7 Å². The average Bonchev–Trinajstić information content (AvgIpc) is 2.81. The molecule has 0 saturated carbocycles. The third-order valence-electron chi connectivity index (χ3n) is 4.92. The van der Waals surface area contributed by atoms with Crippen molar-refractivity contribution < 1.29 is 35.5 Å². The van der Waals surface area contributed by atoms with Crippen LogP contribution in [0.25, 0.3) is 5.83 Å². The SMILES string of the molecule is O=C(CNc1nc(Cl)nc(Cl)n1)c1ccc(/C(F)=C/C(c2cc(Cl)c(Cl)c(Cl)c2)C(F)(F)F)cc1C(F)(F)F. The molecule has 0 amide bonds. The molecule has 208 valence electrons. The first-order chi connectivity index (χ1) is 18.0. The molecule has 1 atom stereocenters. The number of anilines is 1. The highest BCUT2D eigenvalue weighted by Crippen LogP contribution is 2.42. The lowest BCUT2D eigenvalue weighted by atomic mass is 9.95. The van der Waals surface area contributed by atoms with E-state index >= 15 is 0 Å². The molecule has 0 bridgehead atoms. The normalized spacial score (nSPS) is 13.4. The summed E-state index contributed by atoms with van der Waals surface area (Å²) in [6, 6.07) is 3.17. The monoisotopic (exact) mass is 654 g/mol. The summed E-state index contributed by atoms with van der Waals surface area (Å²) in [6.45, 7) is -0.772. The van der Waals surface area contributed by atoms with Crippen LogP contribution in [-0.4, -0.2) is 33.5 Å². The maximum absolute atomic E-state index is 15.0. The summed E-state index contributed by atoms with van der Waals surface area (Å²) in [5, 5.41) is 0.685. The molecule has 3 aromatic rings. The number of ketones is 1. The standard InChI is InChI=1S/C22H10Cl5F7N4O/c23-13-4-9(5-14(24)17(13)25)11(21(29,30)31)6-15(28)8-1-2-10(12(3-8)22(32,33)34)16(39)7-35-20-37-18(26)36-19(27)38-20/h1-6,11H,7H2,(H,35,36,37,38)/b15-6-. The Kier molecular flexibility index (Phi) is 9.59. The van der Waals surface area contributed by atoms with Gasteiger partial charge in [-0.05, 0) is 53.0 Å². The van der Waals surface area contributed by atoms with E-state index < -0.39 is 58.7 Å². The number of rotatable bonds is 7. The summed E-state index contributed by atoms with van der Waals surface area (Å²) in [4.78, 5) is 23.2. The van der Waals surface area contributed by atoms with E-state index in [1.807, 2.05) is 0 Å². The zero-order chi connectivity index (χ0) is 29.3. The van der Waals surface area contributed by atoms with Gasteiger partial charge in [0.05, 0.1) is 27.2 Å². The van der Waals surface area contributed by atoms with Crippen molar-refractivity contribution in [1.82, 2.24) is 15.0 Å². The van der Waals surface area contributed by atoms with Gasteiger partial charge in [-0.3, -0.25) is 4.79 Å². The second kappa shape index (κ2) is 12.0. The number of halogens is 12. The van der Waals surface area contributed by atoms with Gasteiger partial charge in [0, 0.05) is 11.1 Å². The van der Waals surface area contributed by atoms with Crippen molar-refractivity contribution in [2.45, 2.75) is 18.3 Å². The van der Waals surface area contributed by atoms with Crippen LogP contribution in [0.1, 0.15) is 33.0 Å². The van der Waals surface area contributed by atoms with Gasteiger partial charge in [-0.15, -0.1) is 0 Å². The molecule has 39 heavy (non-hydrogen) atoms. The van der Waals surface area contributed by atoms with Crippen molar-refractivity contribution in [3.8, 4) is 0 Å². The highest BCUT2D eigenvalue weighted by molar-refractivity contribution is 6.48. The smallest absolute Gasteiger partial charge is 0.347 e. The Morgan fingerprint density at radius 2 is 1.46 bits per heavy atom. The molecular formula is C22H10Cl5F7N4O. The summed E-state index contributed by atoms with van der Waals surface area (Å²) in [6.07, 6.45) is -10.2. The Morgan fingerprint density at radius 1 is 0.897 bits per heavy atom. The minimum atomic E-state index is -5.18. The van der Waals surface area contributed by atoms with Gasteiger partial charge in [0.1, 0.15) is 11.7 Å². The third kappa shape index (κ3) is 7.85. The van der Waals surface area contributed by atoms with Gasteiger partial charge in [-0.1, -0.05) is 46.9 Å². The van der Waals surface area contributed by atoms with Crippen LogP contribution >= 0.6 is 58.0 Å². The Bertz CT molecular complexity index is 1400. The molecular weight excluding hydrogens is 647 g/mol. The van der Waals surface area contributed by atoms with Crippen LogP contribution in [0.3, 0.4) is 0 Å². The fourth-order valence-electron chi connectivity index (χ4n) is 3.21. The minimum Gasteiger partial charge on any atom is -0.347 e. The molecule has 0 aliphatic carbocycles. The third-order valence-corrected chi connectivity index (χ3v) is 6.45. The summed E-state index contributed by atoms with van der Waals surface area (Å²) in [7, 11) is 0. The van der Waals surface area contributed by atoms with E-state index in [9.17, 15) is 35.5 Å². The number of aromatic nitrogens is 3. The minimum absolute atomic E-state index is 0.0582. The van der Waals surface area contributed by atoms with Crippen LogP contribution in [0, 0.1) is 0 Å². The first-order valence-corrected chi connectivity index (χ1v) is 12.0. The molecule has 1 N–H and O–H groups in total. The molecule has 0 aliphatic rings. The maximum Gasteiger partial charge on any atom is 0.417 e. The van der Waals surface area contributed by atoms with Crippen LogP contribution in [0.15, 0.2) is 36.4 Å². The van der Waals surface area contributed by atoms with Crippen molar-refractivity contribution >= 4 is 75.6 Å². The van der Waals surface area contributed by atoms with Gasteiger partial charge in [0.2, 0.25) is 16.5 Å². The van der Waals surface area contributed by atoms with Crippen molar-refractivity contribution in [2.75, 3.05) is 11.9 Å². The Morgan fingerprint density at radius 3 is 1.97 bits per heavy atom. The lowest BCUT2D eigenvalue weighted by molar-refractivity contribution is -0.140. The van der Waals surface area contributed by atoms with Gasteiger partial charge >= 0.3 is 12.4 Å². The van der Waals surface area contributed by atoms with Crippen molar-refractivity contribution in [3.63, 3.8) is 0 Å². The first-order valence-electron chi connectivity index (χ1n) is 10.1.